The average molecular weight is 246 g/mol. The number of aliphatic hydroxyl groups is 1. The Hall–Kier alpha value is -1.44. The molecule has 0 fully saturated rings. The summed E-state index contributed by atoms with van der Waals surface area (Å²) in [5.74, 6) is -4.26. The summed E-state index contributed by atoms with van der Waals surface area (Å²) in [5, 5.41) is 10.2. The zero-order valence-electron chi connectivity index (χ0n) is 9.97. The fourth-order valence-corrected chi connectivity index (χ4v) is 1.81. The summed E-state index contributed by atoms with van der Waals surface area (Å²) in [4.78, 5) is 23.3. The lowest BCUT2D eigenvalue weighted by Gasteiger charge is -2.36. The highest BCUT2D eigenvalue weighted by atomic mass is 16.7. The fourth-order valence-electron chi connectivity index (χ4n) is 1.81. The van der Waals surface area contributed by atoms with Gasteiger partial charge in [0.15, 0.2) is 5.76 Å². The molecule has 0 radical (unpaired) electrons. The summed E-state index contributed by atoms with van der Waals surface area (Å²) in [7, 11) is 4.63. The van der Waals surface area contributed by atoms with E-state index in [1.807, 2.05) is 0 Å². The van der Waals surface area contributed by atoms with Crippen LogP contribution in [0.5, 0.6) is 0 Å². The Morgan fingerprint density at radius 1 is 1.24 bits per heavy atom. The van der Waals surface area contributed by atoms with Crippen LogP contribution in [0.2, 0.25) is 0 Å². The van der Waals surface area contributed by atoms with E-state index in [1.165, 1.54) is 21.3 Å². The molecule has 0 saturated heterocycles. The third-order valence-electron chi connectivity index (χ3n) is 2.70. The van der Waals surface area contributed by atoms with Crippen molar-refractivity contribution >= 4 is 11.8 Å². The molecule has 1 aliphatic carbocycles. The van der Waals surface area contributed by atoms with Crippen LogP contribution >= 0.6 is 0 Å². The Labute approximate surface area is 97.9 Å². The van der Waals surface area contributed by atoms with Gasteiger partial charge in [0.2, 0.25) is 5.78 Å². The molecule has 0 aromatic heterocycles. The van der Waals surface area contributed by atoms with E-state index in [1.54, 1.807) is 0 Å². The van der Waals surface area contributed by atoms with Crippen molar-refractivity contribution < 1.29 is 33.6 Å². The number of carbonyl (C=O) groups is 2. The van der Waals surface area contributed by atoms with Crippen LogP contribution in [0.25, 0.3) is 0 Å². The first-order valence-corrected chi connectivity index (χ1v) is 4.66. The van der Waals surface area contributed by atoms with Crippen LogP contribution in [0.1, 0.15) is 0 Å². The van der Waals surface area contributed by atoms with Crippen LogP contribution in [0, 0.1) is 0 Å². The largest absolute Gasteiger partial charge is 0.495 e. The quantitative estimate of drug-likeness (QED) is 0.386. The second-order valence-corrected chi connectivity index (χ2v) is 3.30. The molecule has 1 N–H and O–H groups in total. The zero-order chi connectivity index (χ0) is 13.3. The molecule has 96 valence electrons. The molecule has 0 aliphatic heterocycles. The van der Waals surface area contributed by atoms with Crippen LogP contribution < -0.4 is 0 Å². The number of ketones is 1. The van der Waals surface area contributed by atoms with E-state index in [0.29, 0.717) is 0 Å². The van der Waals surface area contributed by atoms with Crippen LogP contribution in [0.3, 0.4) is 0 Å². The third-order valence-corrected chi connectivity index (χ3v) is 2.70. The van der Waals surface area contributed by atoms with Gasteiger partial charge in [-0.3, -0.25) is 4.79 Å². The number of methoxy groups -OCH3 is 4. The van der Waals surface area contributed by atoms with Gasteiger partial charge in [0.25, 0.3) is 11.4 Å². The molecule has 0 spiro atoms. The van der Waals surface area contributed by atoms with Gasteiger partial charge in [0.05, 0.1) is 14.2 Å². The van der Waals surface area contributed by atoms with Gasteiger partial charge in [0, 0.05) is 20.3 Å². The maximum absolute atomic E-state index is 11.7. The monoisotopic (exact) mass is 246 g/mol. The Morgan fingerprint density at radius 3 is 2.12 bits per heavy atom. The molecule has 1 atom stereocenters. The smallest absolute Gasteiger partial charge is 0.352 e. The summed E-state index contributed by atoms with van der Waals surface area (Å²) in [5.41, 5.74) is -2.61. The maximum Gasteiger partial charge on any atom is 0.352 e. The van der Waals surface area contributed by atoms with Gasteiger partial charge < -0.3 is 24.1 Å². The van der Waals surface area contributed by atoms with Crippen molar-refractivity contribution in [3.63, 3.8) is 0 Å². The second kappa shape index (κ2) is 4.44. The lowest BCUT2D eigenvalue weighted by Crippen LogP contribution is -2.63. The zero-order valence-corrected chi connectivity index (χ0v) is 9.97. The molecule has 1 unspecified atom stereocenters. The summed E-state index contributed by atoms with van der Waals surface area (Å²) < 4.78 is 19.2. The van der Waals surface area contributed by atoms with Crippen molar-refractivity contribution in [1.82, 2.24) is 0 Å². The molecule has 7 heteroatoms. The SMILES string of the molecule is COC(=O)C1(O)C(=O)C=C(OC)C1(OC)OC. The normalized spacial score (nSPS) is 26.6. The molecule has 0 saturated carbocycles. The number of esters is 1. The van der Waals surface area contributed by atoms with Crippen molar-refractivity contribution in [3.8, 4) is 0 Å². The number of ether oxygens (including phenoxy) is 4. The minimum Gasteiger partial charge on any atom is -0.495 e. The van der Waals surface area contributed by atoms with Crippen LogP contribution in [-0.4, -0.2) is 56.7 Å². The highest BCUT2D eigenvalue weighted by Gasteiger charge is 2.70. The predicted octanol–water partition coefficient (Wildman–Crippen LogP) is -1.01. The molecular weight excluding hydrogens is 232 g/mol. The third kappa shape index (κ3) is 1.47. The number of hydrogen-bond donors (Lipinski definition) is 1. The number of rotatable bonds is 4. The van der Waals surface area contributed by atoms with E-state index in [-0.39, 0.29) is 5.76 Å². The minimum absolute atomic E-state index is 0.111. The Balaban J connectivity index is 3.40. The van der Waals surface area contributed by atoms with Gasteiger partial charge in [-0.15, -0.1) is 0 Å². The van der Waals surface area contributed by atoms with Gasteiger partial charge in [-0.2, -0.15) is 0 Å². The molecule has 0 aromatic rings. The summed E-state index contributed by atoms with van der Waals surface area (Å²) in [6.07, 6.45) is 0.934. The lowest BCUT2D eigenvalue weighted by atomic mass is 9.93. The molecule has 0 bridgehead atoms. The van der Waals surface area contributed by atoms with Crippen LogP contribution in [-0.2, 0) is 28.5 Å². The van der Waals surface area contributed by atoms with Gasteiger partial charge in [-0.1, -0.05) is 0 Å². The summed E-state index contributed by atoms with van der Waals surface area (Å²) in [6, 6.07) is 0. The van der Waals surface area contributed by atoms with Crippen molar-refractivity contribution in [2.75, 3.05) is 28.4 Å². The molecule has 7 nitrogen and oxygen atoms in total. The number of hydrogen-bond acceptors (Lipinski definition) is 7. The first-order valence-electron chi connectivity index (χ1n) is 4.66. The van der Waals surface area contributed by atoms with E-state index < -0.39 is 23.1 Å². The molecule has 1 aliphatic rings. The Morgan fingerprint density at radius 2 is 1.76 bits per heavy atom. The van der Waals surface area contributed by atoms with Crippen molar-refractivity contribution in [2.24, 2.45) is 0 Å². The van der Waals surface area contributed by atoms with Crippen LogP contribution in [0.15, 0.2) is 11.8 Å². The van der Waals surface area contributed by atoms with E-state index in [4.69, 9.17) is 14.2 Å². The minimum atomic E-state index is -2.61. The topological polar surface area (TPSA) is 91.3 Å². The van der Waals surface area contributed by atoms with Gasteiger partial charge in [-0.05, 0) is 0 Å². The van der Waals surface area contributed by atoms with Crippen molar-refractivity contribution in [1.29, 1.82) is 0 Å². The molecule has 0 aromatic carbocycles. The average Bonchev–Trinajstić information content (AvgIpc) is 2.58. The molecule has 0 amide bonds. The van der Waals surface area contributed by atoms with Gasteiger partial charge in [0.1, 0.15) is 0 Å². The fraction of sp³-hybridized carbons (Fsp3) is 0.600. The first kappa shape index (κ1) is 13.6. The van der Waals surface area contributed by atoms with E-state index >= 15 is 0 Å². The highest BCUT2D eigenvalue weighted by Crippen LogP contribution is 2.41. The van der Waals surface area contributed by atoms with E-state index in [2.05, 4.69) is 4.74 Å². The standard InChI is InChI=1S/C10H14O7/c1-14-7-5-6(11)9(13,8(12)15-2)10(7,16-3)17-4/h5,13H,1-4H3. The van der Waals surface area contributed by atoms with Gasteiger partial charge in [-0.25, -0.2) is 4.79 Å². The first-order chi connectivity index (χ1) is 7.94. The summed E-state index contributed by atoms with van der Waals surface area (Å²) in [6.45, 7) is 0. The predicted molar refractivity (Wildman–Crippen MR) is 53.8 cm³/mol. The molecule has 17 heavy (non-hydrogen) atoms. The highest BCUT2D eigenvalue weighted by molar-refractivity contribution is 6.16. The van der Waals surface area contributed by atoms with Crippen molar-refractivity contribution in [3.05, 3.63) is 11.8 Å². The Kier molecular flexibility index (Phi) is 3.56. The van der Waals surface area contributed by atoms with Crippen molar-refractivity contribution in [2.45, 2.75) is 11.4 Å². The van der Waals surface area contributed by atoms with E-state index in [0.717, 1.165) is 13.2 Å². The van der Waals surface area contributed by atoms with E-state index in [9.17, 15) is 14.7 Å². The van der Waals surface area contributed by atoms with Gasteiger partial charge >= 0.3 is 5.97 Å². The Bertz CT molecular complexity index is 369. The lowest BCUT2D eigenvalue weighted by molar-refractivity contribution is -0.274. The molecular formula is C10H14O7. The second-order valence-electron chi connectivity index (χ2n) is 3.30. The number of carbonyl (C=O) groups excluding carboxylic acids is 2. The summed E-state index contributed by atoms with van der Waals surface area (Å²) >= 11 is 0. The van der Waals surface area contributed by atoms with Crippen LogP contribution in [0.4, 0.5) is 0 Å². The molecule has 1 rings (SSSR count). The molecule has 0 heterocycles. The maximum atomic E-state index is 11.7.